The molecule has 9 heavy (non-hydrogen) atoms. The fraction of sp³-hybridized carbons (Fsp3) is 0.833. The van der Waals surface area contributed by atoms with Crippen molar-refractivity contribution in [2.24, 2.45) is 22.4 Å². The Hall–Kier alpha value is -0.730. The lowest BCUT2D eigenvalue weighted by molar-refractivity contribution is 0.759. The molecular formula is C6H13N3. The third-order valence-corrected chi connectivity index (χ3v) is 1.72. The van der Waals surface area contributed by atoms with Crippen LogP contribution in [0.15, 0.2) is 4.99 Å². The molecule has 0 spiro atoms. The Morgan fingerprint density at radius 2 is 2.33 bits per heavy atom. The van der Waals surface area contributed by atoms with Gasteiger partial charge in [0.25, 0.3) is 0 Å². The van der Waals surface area contributed by atoms with Crippen LogP contribution in [0.25, 0.3) is 0 Å². The van der Waals surface area contributed by atoms with Crippen molar-refractivity contribution >= 4 is 5.96 Å². The van der Waals surface area contributed by atoms with Crippen LogP contribution in [0.5, 0.6) is 0 Å². The molecule has 0 aromatic heterocycles. The predicted octanol–water partition coefficient (Wildman–Crippen LogP) is 0.0583. The van der Waals surface area contributed by atoms with Crippen molar-refractivity contribution in [2.45, 2.75) is 25.8 Å². The van der Waals surface area contributed by atoms with Gasteiger partial charge in [-0.15, -0.1) is 0 Å². The Balaban J connectivity index is 2.27. The van der Waals surface area contributed by atoms with E-state index in [0.717, 1.165) is 5.92 Å². The Bertz CT molecular complexity index is 126. The zero-order chi connectivity index (χ0) is 6.85. The molecule has 0 bridgehead atoms. The standard InChI is InChI=1S/C6H13N3/c1-2-4-3-5(4)9-6(7)8/h4-5H,2-3H2,1H3,(H4,7,8,9). The first-order chi connectivity index (χ1) is 4.24. The average Bonchev–Trinajstić information content (AvgIpc) is 2.45. The van der Waals surface area contributed by atoms with Crippen LogP contribution >= 0.6 is 0 Å². The third-order valence-electron chi connectivity index (χ3n) is 1.72. The number of aliphatic imine (C=N–C) groups is 1. The fourth-order valence-electron chi connectivity index (χ4n) is 1.02. The number of hydrogen-bond acceptors (Lipinski definition) is 1. The van der Waals surface area contributed by atoms with Crippen LogP contribution in [-0.2, 0) is 0 Å². The van der Waals surface area contributed by atoms with E-state index in [2.05, 4.69) is 11.9 Å². The lowest BCUT2D eigenvalue weighted by Gasteiger charge is -1.89. The number of nitrogens with two attached hydrogens (primary N) is 2. The molecule has 3 nitrogen and oxygen atoms in total. The summed E-state index contributed by atoms with van der Waals surface area (Å²) in [4.78, 5) is 4.01. The summed E-state index contributed by atoms with van der Waals surface area (Å²) in [6, 6.07) is 0.444. The van der Waals surface area contributed by atoms with Gasteiger partial charge < -0.3 is 11.5 Å². The van der Waals surface area contributed by atoms with Crippen molar-refractivity contribution in [1.29, 1.82) is 0 Å². The first kappa shape index (κ1) is 6.39. The molecule has 4 N–H and O–H groups in total. The highest BCUT2D eigenvalue weighted by Gasteiger charge is 2.34. The van der Waals surface area contributed by atoms with Crippen molar-refractivity contribution in [3.63, 3.8) is 0 Å². The van der Waals surface area contributed by atoms with Crippen molar-refractivity contribution < 1.29 is 0 Å². The number of nitrogens with zero attached hydrogens (tertiary/aromatic N) is 1. The van der Waals surface area contributed by atoms with Gasteiger partial charge in [0, 0.05) is 0 Å². The van der Waals surface area contributed by atoms with E-state index in [1.54, 1.807) is 0 Å². The predicted molar refractivity (Wildman–Crippen MR) is 38.0 cm³/mol. The molecular weight excluding hydrogens is 114 g/mol. The Morgan fingerprint density at radius 1 is 1.67 bits per heavy atom. The van der Waals surface area contributed by atoms with E-state index in [-0.39, 0.29) is 5.96 Å². The Kier molecular flexibility index (Phi) is 1.60. The molecule has 1 aliphatic rings. The second-order valence-corrected chi connectivity index (χ2v) is 2.53. The van der Waals surface area contributed by atoms with Gasteiger partial charge in [-0.25, -0.2) is 0 Å². The van der Waals surface area contributed by atoms with Crippen molar-refractivity contribution in [3.8, 4) is 0 Å². The molecule has 0 aromatic carbocycles. The van der Waals surface area contributed by atoms with E-state index in [1.165, 1.54) is 12.8 Å². The summed E-state index contributed by atoms with van der Waals surface area (Å²) in [6.07, 6.45) is 2.37. The zero-order valence-electron chi connectivity index (χ0n) is 5.67. The third kappa shape index (κ3) is 1.59. The summed E-state index contributed by atoms with van der Waals surface area (Å²) in [7, 11) is 0. The molecule has 2 atom stereocenters. The van der Waals surface area contributed by atoms with Crippen LogP contribution in [0.2, 0.25) is 0 Å². The summed E-state index contributed by atoms with van der Waals surface area (Å²) >= 11 is 0. The molecule has 0 aliphatic heterocycles. The van der Waals surface area contributed by atoms with Crippen molar-refractivity contribution in [3.05, 3.63) is 0 Å². The molecule has 2 unspecified atom stereocenters. The quantitative estimate of drug-likeness (QED) is 0.407. The fourth-order valence-corrected chi connectivity index (χ4v) is 1.02. The van der Waals surface area contributed by atoms with Crippen molar-refractivity contribution in [2.75, 3.05) is 0 Å². The molecule has 0 aromatic rings. The molecule has 1 aliphatic carbocycles. The van der Waals surface area contributed by atoms with Crippen LogP contribution in [0, 0.1) is 5.92 Å². The molecule has 0 saturated heterocycles. The van der Waals surface area contributed by atoms with E-state index in [4.69, 9.17) is 11.5 Å². The van der Waals surface area contributed by atoms with Crippen molar-refractivity contribution in [1.82, 2.24) is 0 Å². The highest BCUT2D eigenvalue weighted by molar-refractivity contribution is 5.76. The SMILES string of the molecule is CCC1CC1N=C(N)N. The van der Waals surface area contributed by atoms with E-state index in [9.17, 15) is 0 Å². The normalized spacial score (nSPS) is 31.7. The minimum atomic E-state index is 0.232. The van der Waals surface area contributed by atoms with Gasteiger partial charge in [-0.1, -0.05) is 13.3 Å². The Morgan fingerprint density at radius 3 is 2.67 bits per heavy atom. The van der Waals surface area contributed by atoms with Gasteiger partial charge in [-0.05, 0) is 12.3 Å². The molecule has 0 radical (unpaired) electrons. The molecule has 3 heteroatoms. The molecule has 52 valence electrons. The summed E-state index contributed by atoms with van der Waals surface area (Å²) < 4.78 is 0. The van der Waals surface area contributed by atoms with E-state index < -0.39 is 0 Å². The van der Waals surface area contributed by atoms with E-state index in [0.29, 0.717) is 6.04 Å². The van der Waals surface area contributed by atoms with Gasteiger partial charge in [-0.2, -0.15) is 0 Å². The lowest BCUT2D eigenvalue weighted by atomic mass is 10.3. The summed E-state index contributed by atoms with van der Waals surface area (Å²) in [5.41, 5.74) is 10.4. The van der Waals surface area contributed by atoms with Gasteiger partial charge >= 0.3 is 0 Å². The molecule has 0 amide bonds. The molecule has 1 rings (SSSR count). The van der Waals surface area contributed by atoms with Gasteiger partial charge in [0.2, 0.25) is 0 Å². The van der Waals surface area contributed by atoms with Crippen LogP contribution in [-0.4, -0.2) is 12.0 Å². The molecule has 0 heterocycles. The summed E-state index contributed by atoms with van der Waals surface area (Å²) in [5, 5.41) is 0. The minimum Gasteiger partial charge on any atom is -0.370 e. The van der Waals surface area contributed by atoms with Gasteiger partial charge in [-0.3, -0.25) is 4.99 Å². The zero-order valence-corrected chi connectivity index (χ0v) is 5.67. The van der Waals surface area contributed by atoms with Gasteiger partial charge in [0.15, 0.2) is 5.96 Å². The maximum absolute atomic E-state index is 5.18. The highest BCUT2D eigenvalue weighted by atomic mass is 15.0. The lowest BCUT2D eigenvalue weighted by Crippen LogP contribution is -2.23. The maximum atomic E-state index is 5.18. The van der Waals surface area contributed by atoms with Crippen LogP contribution in [0.4, 0.5) is 0 Å². The first-order valence-electron chi connectivity index (χ1n) is 3.32. The van der Waals surface area contributed by atoms with E-state index >= 15 is 0 Å². The van der Waals surface area contributed by atoms with Crippen LogP contribution < -0.4 is 11.5 Å². The largest absolute Gasteiger partial charge is 0.370 e. The monoisotopic (exact) mass is 127 g/mol. The van der Waals surface area contributed by atoms with E-state index in [1.807, 2.05) is 0 Å². The second kappa shape index (κ2) is 2.25. The molecule has 1 fully saturated rings. The second-order valence-electron chi connectivity index (χ2n) is 2.53. The topological polar surface area (TPSA) is 64.4 Å². The minimum absolute atomic E-state index is 0.232. The van der Waals surface area contributed by atoms with Gasteiger partial charge in [0.05, 0.1) is 6.04 Å². The summed E-state index contributed by atoms with van der Waals surface area (Å²) in [5.74, 6) is 0.989. The van der Waals surface area contributed by atoms with Crippen LogP contribution in [0.1, 0.15) is 19.8 Å². The summed E-state index contributed by atoms with van der Waals surface area (Å²) in [6.45, 7) is 2.16. The first-order valence-corrected chi connectivity index (χ1v) is 3.32. The van der Waals surface area contributed by atoms with Crippen LogP contribution in [0.3, 0.4) is 0 Å². The number of guanidine groups is 1. The molecule has 1 saturated carbocycles. The number of hydrogen-bond donors (Lipinski definition) is 2. The number of rotatable bonds is 2. The smallest absolute Gasteiger partial charge is 0.186 e. The average molecular weight is 127 g/mol. The maximum Gasteiger partial charge on any atom is 0.186 e. The highest BCUT2D eigenvalue weighted by Crippen LogP contribution is 2.36. The van der Waals surface area contributed by atoms with Gasteiger partial charge in [0.1, 0.15) is 0 Å². The Labute approximate surface area is 55.1 Å².